The molecule has 0 spiro atoms. The van der Waals surface area contributed by atoms with Gasteiger partial charge < -0.3 is 9.84 Å². The third-order valence-electron chi connectivity index (χ3n) is 4.18. The first kappa shape index (κ1) is 15.4. The summed E-state index contributed by atoms with van der Waals surface area (Å²) in [6.45, 7) is 2.28. The van der Waals surface area contributed by atoms with Gasteiger partial charge in [-0.25, -0.2) is 4.98 Å². The molecule has 10 heteroatoms. The van der Waals surface area contributed by atoms with E-state index in [2.05, 4.69) is 30.8 Å². The molecule has 4 heterocycles. The van der Waals surface area contributed by atoms with Crippen molar-refractivity contribution in [2.24, 2.45) is 7.05 Å². The Morgan fingerprint density at radius 1 is 1.11 bits per heavy atom. The van der Waals surface area contributed by atoms with Crippen LogP contribution < -0.4 is 5.32 Å². The molecule has 0 bridgehead atoms. The van der Waals surface area contributed by atoms with Crippen LogP contribution in [0.25, 0.3) is 27.9 Å². The maximum atomic E-state index is 5.17. The predicted molar refractivity (Wildman–Crippen MR) is 96.9 cm³/mol. The number of anilines is 1. The Balaban J connectivity index is 1.66. The molecule has 0 saturated carbocycles. The van der Waals surface area contributed by atoms with E-state index in [0.29, 0.717) is 41.1 Å². The summed E-state index contributed by atoms with van der Waals surface area (Å²) in [7, 11) is 1.83. The van der Waals surface area contributed by atoms with Crippen LogP contribution in [0.15, 0.2) is 41.2 Å². The Labute approximate surface area is 152 Å². The van der Waals surface area contributed by atoms with Gasteiger partial charge in [0, 0.05) is 23.9 Å². The molecule has 27 heavy (non-hydrogen) atoms. The van der Waals surface area contributed by atoms with E-state index in [1.807, 2.05) is 38.2 Å². The van der Waals surface area contributed by atoms with Gasteiger partial charge in [-0.1, -0.05) is 29.4 Å². The second-order valence-corrected chi connectivity index (χ2v) is 6.16. The van der Waals surface area contributed by atoms with Crippen LogP contribution in [0.4, 0.5) is 5.82 Å². The number of hydrogen-bond acceptors (Lipinski definition) is 8. The summed E-state index contributed by atoms with van der Waals surface area (Å²) in [4.78, 5) is 4.24. The molecule has 0 saturated heterocycles. The van der Waals surface area contributed by atoms with E-state index in [1.165, 1.54) is 0 Å². The maximum absolute atomic E-state index is 5.17. The number of aryl methyl sites for hydroxylation is 2. The summed E-state index contributed by atoms with van der Waals surface area (Å²) < 4.78 is 8.51. The highest BCUT2D eigenvalue weighted by atomic mass is 16.5. The minimum atomic E-state index is 0.448. The first-order chi connectivity index (χ1) is 13.2. The van der Waals surface area contributed by atoms with E-state index in [1.54, 1.807) is 21.6 Å². The molecular formula is C17H15N9O. The zero-order valence-corrected chi connectivity index (χ0v) is 14.7. The number of nitrogens with one attached hydrogen (secondary N) is 1. The van der Waals surface area contributed by atoms with Gasteiger partial charge in [-0.15, -0.1) is 15.3 Å². The monoisotopic (exact) mass is 361 g/mol. The van der Waals surface area contributed by atoms with Crippen LogP contribution in [0, 0.1) is 6.92 Å². The second kappa shape index (κ2) is 5.87. The molecule has 10 nitrogen and oxygen atoms in total. The average molecular weight is 361 g/mol. The molecule has 134 valence electrons. The van der Waals surface area contributed by atoms with E-state index in [0.717, 1.165) is 10.8 Å². The van der Waals surface area contributed by atoms with Crippen LogP contribution in [0.1, 0.15) is 11.6 Å². The van der Waals surface area contributed by atoms with Gasteiger partial charge in [-0.3, -0.25) is 4.68 Å². The van der Waals surface area contributed by atoms with E-state index in [-0.39, 0.29) is 0 Å². The summed E-state index contributed by atoms with van der Waals surface area (Å²) >= 11 is 0. The molecule has 1 N–H and O–H groups in total. The highest BCUT2D eigenvalue weighted by molar-refractivity contribution is 6.00. The summed E-state index contributed by atoms with van der Waals surface area (Å²) in [5, 5.41) is 26.8. The van der Waals surface area contributed by atoms with Gasteiger partial charge in [0.05, 0.1) is 6.54 Å². The van der Waals surface area contributed by atoms with Crippen LogP contribution in [-0.4, -0.2) is 39.7 Å². The van der Waals surface area contributed by atoms with Crippen LogP contribution in [0.2, 0.25) is 0 Å². The zero-order chi connectivity index (χ0) is 18.4. The molecule has 0 aliphatic carbocycles. The number of benzene rings is 1. The lowest BCUT2D eigenvalue weighted by atomic mass is 10.2. The lowest BCUT2D eigenvalue weighted by Gasteiger charge is -2.09. The molecule has 5 rings (SSSR count). The van der Waals surface area contributed by atoms with Gasteiger partial charge in [-0.2, -0.15) is 9.61 Å². The fraction of sp³-hybridized carbons (Fsp3) is 0.176. The molecular weight excluding hydrogens is 346 g/mol. The van der Waals surface area contributed by atoms with Crippen molar-refractivity contribution in [3.05, 3.63) is 48.2 Å². The molecule has 0 fully saturated rings. The first-order valence-electron chi connectivity index (χ1n) is 8.35. The van der Waals surface area contributed by atoms with Crippen LogP contribution in [0.5, 0.6) is 0 Å². The van der Waals surface area contributed by atoms with Crippen LogP contribution in [-0.2, 0) is 13.6 Å². The molecule has 0 aliphatic rings. The Bertz CT molecular complexity index is 1270. The van der Waals surface area contributed by atoms with Crippen molar-refractivity contribution in [1.29, 1.82) is 0 Å². The molecule has 1 aromatic carbocycles. The Hall–Kier alpha value is -3.82. The normalized spacial score (nSPS) is 11.5. The van der Waals surface area contributed by atoms with Crippen molar-refractivity contribution in [2.45, 2.75) is 13.5 Å². The predicted octanol–water partition coefficient (Wildman–Crippen LogP) is 1.98. The third-order valence-corrected chi connectivity index (χ3v) is 4.18. The molecule has 0 radical (unpaired) electrons. The van der Waals surface area contributed by atoms with Crippen molar-refractivity contribution in [2.75, 3.05) is 5.32 Å². The van der Waals surface area contributed by atoms with Crippen molar-refractivity contribution in [3.63, 3.8) is 0 Å². The van der Waals surface area contributed by atoms with Gasteiger partial charge in [0.25, 0.3) is 0 Å². The van der Waals surface area contributed by atoms with Crippen molar-refractivity contribution in [1.82, 2.24) is 39.7 Å². The molecule has 5 aromatic rings. The number of fused-ring (bicyclic) bond motifs is 3. The van der Waals surface area contributed by atoms with Crippen molar-refractivity contribution < 1.29 is 4.52 Å². The fourth-order valence-electron chi connectivity index (χ4n) is 2.97. The van der Waals surface area contributed by atoms with Gasteiger partial charge in [-0.05, 0) is 6.92 Å². The molecule has 0 aliphatic heterocycles. The van der Waals surface area contributed by atoms with Crippen LogP contribution in [0.3, 0.4) is 0 Å². The highest BCUT2D eigenvalue weighted by Crippen LogP contribution is 2.27. The number of aromatic nitrogens is 8. The highest BCUT2D eigenvalue weighted by Gasteiger charge is 2.17. The largest absolute Gasteiger partial charge is 0.361 e. The SMILES string of the molecule is Cc1cc(-c2nnc3c4ccccc4c(NCc4ncn(C)n4)nn23)no1. The summed E-state index contributed by atoms with van der Waals surface area (Å²) in [5.41, 5.74) is 1.24. The van der Waals surface area contributed by atoms with E-state index in [4.69, 9.17) is 9.62 Å². The standard InChI is InChI=1S/C17H15N9O/c1-10-7-13(24-27-10)17-21-20-16-12-6-4-3-5-11(12)15(23-26(16)17)18-8-14-19-9-25(2)22-14/h3-7,9H,8H2,1-2H3,(H,18,23). The molecule has 4 aromatic heterocycles. The minimum Gasteiger partial charge on any atom is -0.361 e. The smallest absolute Gasteiger partial charge is 0.207 e. The summed E-state index contributed by atoms with van der Waals surface area (Å²) in [6.07, 6.45) is 1.66. The first-order valence-corrected chi connectivity index (χ1v) is 8.35. The van der Waals surface area contributed by atoms with E-state index >= 15 is 0 Å². The van der Waals surface area contributed by atoms with E-state index in [9.17, 15) is 0 Å². The molecule has 0 atom stereocenters. The average Bonchev–Trinajstić information content (AvgIpc) is 3.39. The number of hydrogen-bond donors (Lipinski definition) is 1. The summed E-state index contributed by atoms with van der Waals surface area (Å²) in [6, 6.07) is 9.70. The van der Waals surface area contributed by atoms with Crippen LogP contribution >= 0.6 is 0 Å². The lowest BCUT2D eigenvalue weighted by molar-refractivity contribution is 0.399. The number of rotatable bonds is 4. The Morgan fingerprint density at radius 3 is 2.70 bits per heavy atom. The quantitative estimate of drug-likeness (QED) is 0.517. The van der Waals surface area contributed by atoms with Gasteiger partial charge in [0.2, 0.25) is 5.82 Å². The third kappa shape index (κ3) is 2.58. The molecule has 0 amide bonds. The van der Waals surface area contributed by atoms with Gasteiger partial charge >= 0.3 is 0 Å². The van der Waals surface area contributed by atoms with Gasteiger partial charge in [0.15, 0.2) is 23.0 Å². The Kier molecular flexibility index (Phi) is 3.35. The topological polar surface area (TPSA) is 112 Å². The lowest BCUT2D eigenvalue weighted by Crippen LogP contribution is -2.07. The van der Waals surface area contributed by atoms with E-state index < -0.39 is 0 Å². The Morgan fingerprint density at radius 2 is 1.96 bits per heavy atom. The van der Waals surface area contributed by atoms with Crippen molar-refractivity contribution in [3.8, 4) is 11.5 Å². The van der Waals surface area contributed by atoms with Crippen molar-refractivity contribution >= 4 is 22.2 Å². The molecule has 0 unspecified atom stereocenters. The maximum Gasteiger partial charge on any atom is 0.207 e. The summed E-state index contributed by atoms with van der Waals surface area (Å²) in [5.74, 6) is 2.58. The minimum absolute atomic E-state index is 0.448. The second-order valence-electron chi connectivity index (χ2n) is 6.16. The zero-order valence-electron chi connectivity index (χ0n) is 14.7. The van der Waals surface area contributed by atoms with Gasteiger partial charge in [0.1, 0.15) is 12.1 Å². The fourth-order valence-corrected chi connectivity index (χ4v) is 2.97. The number of nitrogens with zero attached hydrogens (tertiary/aromatic N) is 8.